The van der Waals surface area contributed by atoms with Crippen LogP contribution >= 0.6 is 0 Å². The summed E-state index contributed by atoms with van der Waals surface area (Å²) >= 11 is 0.585. The molecule has 27 heavy (non-hydrogen) atoms. The first kappa shape index (κ1) is 20.6. The van der Waals surface area contributed by atoms with Crippen LogP contribution in [0.5, 0.6) is 0 Å². The zero-order valence-electron chi connectivity index (χ0n) is 17.2. The Morgan fingerprint density at radius 3 is 2.26 bits per heavy atom. The molecule has 0 bridgehead atoms. The quantitative estimate of drug-likeness (QED) is 0.445. The minimum absolute atomic E-state index is 0.239. The molecule has 1 fully saturated rings. The average Bonchev–Trinajstić information content (AvgIpc) is 2.70. The average molecular weight is 430 g/mol. The van der Waals surface area contributed by atoms with E-state index >= 15 is 0 Å². The predicted molar refractivity (Wildman–Crippen MR) is 116 cm³/mol. The molecule has 1 aliphatic rings. The molecule has 0 heterocycles. The summed E-state index contributed by atoms with van der Waals surface area (Å²) in [5.41, 5.74) is 3.06. The number of hydrogen-bond donors (Lipinski definition) is 0. The molecule has 4 atom stereocenters. The summed E-state index contributed by atoms with van der Waals surface area (Å²) in [6.07, 6.45) is 4.36. The van der Waals surface area contributed by atoms with Crippen LogP contribution in [0.4, 0.5) is 0 Å². The van der Waals surface area contributed by atoms with Crippen molar-refractivity contribution in [2.24, 2.45) is 11.8 Å². The first-order valence-electron chi connectivity index (χ1n) is 10.3. The second-order valence-corrected chi connectivity index (χ2v) is 11.3. The molecule has 1 aliphatic carbocycles. The zero-order chi connectivity index (χ0) is 19.3. The molecule has 0 N–H and O–H groups in total. The Morgan fingerprint density at radius 2 is 1.63 bits per heavy atom. The molecule has 1 nitrogen and oxygen atoms in total. The first-order valence-corrected chi connectivity index (χ1v) is 12.5. The van der Waals surface area contributed by atoms with Crippen molar-refractivity contribution in [2.75, 3.05) is 7.11 Å². The number of ether oxygens (including phenoxy) is 1. The number of hydrogen-bond acceptors (Lipinski definition) is 1. The van der Waals surface area contributed by atoms with E-state index in [1.165, 1.54) is 35.7 Å². The van der Waals surface area contributed by atoms with Crippen molar-refractivity contribution in [3.05, 3.63) is 71.8 Å². The minimum atomic E-state index is 0.239. The fourth-order valence-corrected chi connectivity index (χ4v) is 8.64. The van der Waals surface area contributed by atoms with E-state index in [2.05, 4.69) is 81.4 Å². The Bertz CT molecular complexity index is 682. The van der Waals surface area contributed by atoms with Crippen LogP contribution in [-0.4, -0.2) is 22.1 Å². The van der Waals surface area contributed by atoms with E-state index < -0.39 is 0 Å². The predicted octanol–water partition coefficient (Wildman–Crippen LogP) is 6.70. The molecule has 2 aromatic carbocycles. The number of benzene rings is 2. The number of methoxy groups -OCH3 is 1. The Morgan fingerprint density at radius 1 is 1.00 bits per heavy atom. The van der Waals surface area contributed by atoms with Crippen LogP contribution in [0, 0.1) is 11.8 Å². The van der Waals surface area contributed by atoms with Gasteiger partial charge in [0.05, 0.1) is 0 Å². The van der Waals surface area contributed by atoms with Gasteiger partial charge in [-0.25, -0.2) is 0 Å². The van der Waals surface area contributed by atoms with E-state index in [-0.39, 0.29) is 11.5 Å². The Kier molecular flexibility index (Phi) is 7.20. The number of rotatable bonds is 7. The molecule has 0 amide bonds. The third kappa shape index (κ3) is 5.05. The van der Waals surface area contributed by atoms with Gasteiger partial charge < -0.3 is 0 Å². The van der Waals surface area contributed by atoms with Crippen LogP contribution in [0.25, 0.3) is 0 Å². The Hall–Kier alpha value is -1.08. The van der Waals surface area contributed by atoms with Crippen molar-refractivity contribution in [1.82, 2.24) is 0 Å². The van der Waals surface area contributed by atoms with E-state index in [1.54, 1.807) is 0 Å². The summed E-state index contributed by atoms with van der Waals surface area (Å²) in [6, 6.07) is 21.9. The van der Waals surface area contributed by atoms with Crippen molar-refractivity contribution in [2.45, 2.75) is 61.7 Å². The molecule has 0 radical (unpaired) electrons. The van der Waals surface area contributed by atoms with Gasteiger partial charge in [0, 0.05) is 0 Å². The third-order valence-electron chi connectivity index (χ3n) is 6.42. The van der Waals surface area contributed by atoms with Crippen molar-refractivity contribution < 1.29 is 4.74 Å². The van der Waals surface area contributed by atoms with E-state index in [9.17, 15) is 0 Å². The van der Waals surface area contributed by atoms with Gasteiger partial charge in [0.25, 0.3) is 0 Å². The molecule has 1 saturated carbocycles. The maximum atomic E-state index is 5.88. The SMILES string of the molecule is COC(C[Se][C@H]1C[C@H](C)CC[C@H]1C(C)(C)c1ccccc1)c1ccccc1. The summed E-state index contributed by atoms with van der Waals surface area (Å²) in [6.45, 7) is 7.38. The summed E-state index contributed by atoms with van der Waals surface area (Å²) in [5, 5.41) is 1.17. The monoisotopic (exact) mass is 430 g/mol. The van der Waals surface area contributed by atoms with Gasteiger partial charge in [-0.1, -0.05) is 0 Å². The topological polar surface area (TPSA) is 9.23 Å². The molecule has 1 unspecified atom stereocenters. The fourth-order valence-electron chi connectivity index (χ4n) is 4.60. The molecule has 0 aromatic heterocycles. The summed E-state index contributed by atoms with van der Waals surface area (Å²) < 4.78 is 5.88. The van der Waals surface area contributed by atoms with Gasteiger partial charge in [0.2, 0.25) is 0 Å². The molecule has 2 aromatic rings. The normalized spacial score (nSPS) is 24.5. The van der Waals surface area contributed by atoms with E-state index in [4.69, 9.17) is 4.74 Å². The molecule has 3 rings (SSSR count). The molecule has 0 aliphatic heterocycles. The van der Waals surface area contributed by atoms with Gasteiger partial charge in [-0.15, -0.1) is 0 Å². The molecular weight excluding hydrogens is 395 g/mol. The summed E-state index contributed by atoms with van der Waals surface area (Å²) in [7, 11) is 1.86. The van der Waals surface area contributed by atoms with E-state index in [0.717, 1.165) is 16.7 Å². The second kappa shape index (κ2) is 9.41. The van der Waals surface area contributed by atoms with E-state index in [0.29, 0.717) is 15.0 Å². The van der Waals surface area contributed by atoms with Crippen LogP contribution in [0.2, 0.25) is 10.1 Å². The molecular formula is C25H34OSe. The summed E-state index contributed by atoms with van der Waals surface area (Å²) in [5.74, 6) is 1.63. The fraction of sp³-hybridized carbons (Fsp3) is 0.520. The van der Waals surface area contributed by atoms with Crippen LogP contribution in [0.15, 0.2) is 60.7 Å². The van der Waals surface area contributed by atoms with Crippen LogP contribution in [0.1, 0.15) is 57.3 Å². The van der Waals surface area contributed by atoms with Crippen LogP contribution < -0.4 is 0 Å². The Balaban J connectivity index is 1.74. The van der Waals surface area contributed by atoms with Gasteiger partial charge in [-0.2, -0.15) is 0 Å². The van der Waals surface area contributed by atoms with Crippen molar-refractivity contribution in [3.8, 4) is 0 Å². The summed E-state index contributed by atoms with van der Waals surface area (Å²) in [4.78, 5) is 0.831. The van der Waals surface area contributed by atoms with Gasteiger partial charge in [-0.3, -0.25) is 0 Å². The second-order valence-electron chi connectivity index (χ2n) is 8.62. The van der Waals surface area contributed by atoms with E-state index in [1.807, 2.05) is 7.11 Å². The third-order valence-corrected chi connectivity index (χ3v) is 9.45. The standard InChI is InChI=1S/C25H34OSe/c1-19-15-16-22(25(2,3)21-13-9-6-10-14-21)24(17-19)27-18-23(26-4)20-11-7-5-8-12-20/h5-14,19,22-24H,15-18H2,1-4H3/t19-,22-,23?,24+/m1/s1. The van der Waals surface area contributed by atoms with Crippen LogP contribution in [-0.2, 0) is 10.2 Å². The zero-order valence-corrected chi connectivity index (χ0v) is 18.9. The Labute approximate surface area is 172 Å². The van der Waals surface area contributed by atoms with Gasteiger partial charge in [0.1, 0.15) is 0 Å². The maximum absolute atomic E-state index is 5.88. The van der Waals surface area contributed by atoms with Gasteiger partial charge >= 0.3 is 172 Å². The van der Waals surface area contributed by atoms with Crippen molar-refractivity contribution in [1.29, 1.82) is 0 Å². The van der Waals surface area contributed by atoms with Gasteiger partial charge in [-0.05, 0) is 0 Å². The van der Waals surface area contributed by atoms with Crippen molar-refractivity contribution in [3.63, 3.8) is 0 Å². The molecule has 0 saturated heterocycles. The molecule has 146 valence electrons. The first-order chi connectivity index (χ1) is 13.0. The van der Waals surface area contributed by atoms with Gasteiger partial charge in [0.15, 0.2) is 0 Å². The molecule has 2 heteroatoms. The molecule has 0 spiro atoms. The van der Waals surface area contributed by atoms with Crippen molar-refractivity contribution >= 4 is 15.0 Å². The van der Waals surface area contributed by atoms with Crippen LogP contribution in [0.3, 0.4) is 0 Å².